The molecule has 18 heavy (non-hydrogen) atoms. The van der Waals surface area contributed by atoms with Gasteiger partial charge in [-0.3, -0.25) is 14.9 Å². The Labute approximate surface area is 110 Å². The van der Waals surface area contributed by atoms with Crippen molar-refractivity contribution in [2.24, 2.45) is 0 Å². The maximum Gasteiger partial charge on any atom is 0.323 e. The fourth-order valence-electron chi connectivity index (χ4n) is 2.29. The van der Waals surface area contributed by atoms with Gasteiger partial charge in [0.15, 0.2) is 0 Å². The summed E-state index contributed by atoms with van der Waals surface area (Å²) in [5.74, 6) is -1.19. The highest BCUT2D eigenvalue weighted by atomic mass is 79.9. The molecule has 0 radical (unpaired) electrons. The molecule has 0 saturated carbocycles. The highest BCUT2D eigenvalue weighted by Crippen LogP contribution is 2.41. The smallest absolute Gasteiger partial charge is 0.323 e. The summed E-state index contributed by atoms with van der Waals surface area (Å²) >= 11 is 3.35. The number of nitrogens with one attached hydrogen (secondary N) is 3. The number of urea groups is 1. The van der Waals surface area contributed by atoms with Crippen molar-refractivity contribution in [3.8, 4) is 0 Å². The lowest BCUT2D eigenvalue weighted by Crippen LogP contribution is -2.49. The predicted molar refractivity (Wildman–Crippen MR) is 65.9 cm³/mol. The minimum Gasteiger partial charge on any atom is -0.323 e. The maximum atomic E-state index is 12.1. The first-order chi connectivity index (χ1) is 8.46. The van der Waals surface area contributed by atoms with E-state index < -0.39 is 23.4 Å². The van der Waals surface area contributed by atoms with Crippen LogP contribution in [0, 0.1) is 6.92 Å². The summed E-state index contributed by atoms with van der Waals surface area (Å²) in [7, 11) is 0. The van der Waals surface area contributed by atoms with E-state index in [1.54, 1.807) is 12.1 Å². The van der Waals surface area contributed by atoms with Gasteiger partial charge in [-0.05, 0) is 18.6 Å². The van der Waals surface area contributed by atoms with Crippen LogP contribution in [-0.2, 0) is 15.1 Å². The maximum absolute atomic E-state index is 12.1. The first-order valence-corrected chi connectivity index (χ1v) is 6.01. The molecule has 0 aliphatic carbocycles. The molecule has 1 fully saturated rings. The van der Waals surface area contributed by atoms with Crippen LogP contribution >= 0.6 is 15.9 Å². The van der Waals surface area contributed by atoms with Gasteiger partial charge in [-0.2, -0.15) is 0 Å². The van der Waals surface area contributed by atoms with Crippen LogP contribution in [0.2, 0.25) is 0 Å². The third-order valence-corrected chi connectivity index (χ3v) is 4.11. The molecule has 2 heterocycles. The first-order valence-electron chi connectivity index (χ1n) is 5.21. The Morgan fingerprint density at radius 1 is 1.11 bits per heavy atom. The van der Waals surface area contributed by atoms with Gasteiger partial charge in [0.05, 0.1) is 5.69 Å². The average molecular weight is 310 g/mol. The molecule has 1 saturated heterocycles. The van der Waals surface area contributed by atoms with Crippen LogP contribution < -0.4 is 16.0 Å². The standard InChI is InChI=1S/C11H8BrN3O3/c1-4-6(12)3-2-5-7(4)13-8(16)11(5)9(17)14-10(18)15-11/h2-3H,1H3,(H,13,16)(H2,14,15,17,18). The Morgan fingerprint density at radius 2 is 1.78 bits per heavy atom. The minimum absolute atomic E-state index is 0.469. The number of rotatable bonds is 0. The second-order valence-corrected chi connectivity index (χ2v) is 5.06. The summed E-state index contributed by atoms with van der Waals surface area (Å²) in [6.07, 6.45) is 0. The van der Waals surface area contributed by atoms with Crippen LogP contribution in [0.3, 0.4) is 0 Å². The van der Waals surface area contributed by atoms with Gasteiger partial charge in [0, 0.05) is 10.0 Å². The van der Waals surface area contributed by atoms with E-state index in [4.69, 9.17) is 0 Å². The van der Waals surface area contributed by atoms with Crippen LogP contribution in [0.25, 0.3) is 0 Å². The molecule has 3 rings (SSSR count). The van der Waals surface area contributed by atoms with Gasteiger partial charge >= 0.3 is 6.03 Å². The molecule has 1 atom stereocenters. The summed E-state index contributed by atoms with van der Waals surface area (Å²) in [6.45, 7) is 1.82. The lowest BCUT2D eigenvalue weighted by Gasteiger charge is -2.17. The number of carbonyl (C=O) groups excluding carboxylic acids is 3. The van der Waals surface area contributed by atoms with Gasteiger partial charge in [0.25, 0.3) is 11.8 Å². The normalized spacial score (nSPS) is 24.9. The molecular weight excluding hydrogens is 302 g/mol. The quantitative estimate of drug-likeness (QED) is 0.488. The van der Waals surface area contributed by atoms with Crippen LogP contribution in [-0.4, -0.2) is 17.8 Å². The van der Waals surface area contributed by atoms with E-state index in [2.05, 4.69) is 31.9 Å². The summed E-state index contributed by atoms with van der Waals surface area (Å²) in [6, 6.07) is 2.73. The monoisotopic (exact) mass is 309 g/mol. The number of hydrogen-bond acceptors (Lipinski definition) is 3. The highest BCUT2D eigenvalue weighted by molar-refractivity contribution is 9.10. The molecule has 1 aromatic carbocycles. The molecule has 6 nitrogen and oxygen atoms in total. The zero-order valence-corrected chi connectivity index (χ0v) is 10.8. The molecule has 2 aliphatic rings. The van der Waals surface area contributed by atoms with E-state index in [1.807, 2.05) is 6.92 Å². The van der Waals surface area contributed by atoms with E-state index >= 15 is 0 Å². The summed E-state index contributed by atoms with van der Waals surface area (Å²) in [4.78, 5) is 35.3. The van der Waals surface area contributed by atoms with Crippen molar-refractivity contribution in [3.05, 3.63) is 27.7 Å². The number of benzene rings is 1. The van der Waals surface area contributed by atoms with E-state index in [-0.39, 0.29) is 0 Å². The van der Waals surface area contributed by atoms with Crippen molar-refractivity contribution in [1.29, 1.82) is 0 Å². The number of carbonyl (C=O) groups is 3. The molecule has 0 aromatic heterocycles. The topological polar surface area (TPSA) is 87.3 Å². The van der Waals surface area contributed by atoms with Gasteiger partial charge in [0.1, 0.15) is 0 Å². The molecule has 1 aromatic rings. The Bertz CT molecular complexity index is 628. The van der Waals surface area contributed by atoms with Crippen LogP contribution in [0.4, 0.5) is 10.5 Å². The Balaban J connectivity index is 2.28. The summed E-state index contributed by atoms with van der Waals surface area (Å²) in [5, 5.41) is 7.14. The fraction of sp³-hybridized carbons (Fsp3) is 0.182. The lowest BCUT2D eigenvalue weighted by molar-refractivity contribution is -0.132. The lowest BCUT2D eigenvalue weighted by atomic mass is 9.90. The van der Waals surface area contributed by atoms with Gasteiger partial charge in [-0.1, -0.05) is 22.0 Å². The number of halogens is 1. The second-order valence-electron chi connectivity index (χ2n) is 4.21. The number of hydrogen-bond donors (Lipinski definition) is 3. The van der Waals surface area contributed by atoms with E-state index in [0.29, 0.717) is 11.3 Å². The SMILES string of the molecule is Cc1c(Br)ccc2c1NC(=O)C21NC(=O)NC1=O. The van der Waals surface area contributed by atoms with E-state index in [9.17, 15) is 14.4 Å². The Morgan fingerprint density at radius 3 is 2.39 bits per heavy atom. The zero-order chi connectivity index (χ0) is 13.1. The summed E-state index contributed by atoms with van der Waals surface area (Å²) in [5.41, 5.74) is 0.215. The predicted octanol–water partition coefficient (Wildman–Crippen LogP) is 0.744. The largest absolute Gasteiger partial charge is 0.323 e. The van der Waals surface area contributed by atoms with Crippen LogP contribution in [0.15, 0.2) is 16.6 Å². The van der Waals surface area contributed by atoms with Gasteiger partial charge in [-0.25, -0.2) is 4.79 Å². The van der Waals surface area contributed by atoms with Gasteiger partial charge < -0.3 is 10.6 Å². The van der Waals surface area contributed by atoms with Crippen molar-refractivity contribution < 1.29 is 14.4 Å². The minimum atomic E-state index is -1.63. The van der Waals surface area contributed by atoms with E-state index in [0.717, 1.165) is 10.0 Å². The number of fused-ring (bicyclic) bond motifs is 2. The Hall–Kier alpha value is -1.89. The molecule has 3 N–H and O–H groups in total. The number of amides is 4. The molecule has 4 amide bonds. The molecule has 1 unspecified atom stereocenters. The average Bonchev–Trinajstić information content (AvgIpc) is 2.75. The van der Waals surface area contributed by atoms with Crippen molar-refractivity contribution in [2.45, 2.75) is 12.5 Å². The second kappa shape index (κ2) is 3.32. The van der Waals surface area contributed by atoms with Crippen LogP contribution in [0.5, 0.6) is 0 Å². The molecule has 0 bridgehead atoms. The third-order valence-electron chi connectivity index (χ3n) is 3.25. The Kier molecular flexibility index (Phi) is 2.07. The van der Waals surface area contributed by atoms with Crippen LogP contribution in [0.1, 0.15) is 11.1 Å². The van der Waals surface area contributed by atoms with Crippen molar-refractivity contribution in [3.63, 3.8) is 0 Å². The number of anilines is 1. The van der Waals surface area contributed by atoms with Gasteiger partial charge in [-0.15, -0.1) is 0 Å². The van der Waals surface area contributed by atoms with Gasteiger partial charge in [0.2, 0.25) is 5.54 Å². The van der Waals surface area contributed by atoms with Crippen molar-refractivity contribution in [2.75, 3.05) is 5.32 Å². The molecule has 7 heteroatoms. The molecular formula is C11H8BrN3O3. The van der Waals surface area contributed by atoms with Crippen molar-refractivity contribution in [1.82, 2.24) is 10.6 Å². The zero-order valence-electron chi connectivity index (χ0n) is 9.26. The molecule has 92 valence electrons. The highest BCUT2D eigenvalue weighted by Gasteiger charge is 2.58. The summed E-state index contributed by atoms with van der Waals surface area (Å²) < 4.78 is 0.823. The molecule has 1 spiro atoms. The van der Waals surface area contributed by atoms with E-state index in [1.165, 1.54) is 0 Å². The number of imide groups is 1. The van der Waals surface area contributed by atoms with Crippen molar-refractivity contribution >= 4 is 39.5 Å². The molecule has 2 aliphatic heterocycles. The third kappa shape index (κ3) is 1.14. The fourth-order valence-corrected chi connectivity index (χ4v) is 2.62. The first kappa shape index (κ1) is 11.2.